The maximum Gasteiger partial charge on any atom is 0.183 e. The fourth-order valence-electron chi connectivity index (χ4n) is 2.20. The van der Waals surface area contributed by atoms with E-state index in [4.69, 9.17) is 0 Å². The molecule has 4 heteroatoms. The smallest absolute Gasteiger partial charge is 0.183 e. The summed E-state index contributed by atoms with van der Waals surface area (Å²) in [4.78, 5) is 4.66. The van der Waals surface area contributed by atoms with Gasteiger partial charge < -0.3 is 5.32 Å². The highest BCUT2D eigenvalue weighted by Gasteiger charge is 2.24. The fraction of sp³-hybridized carbons (Fsp3) is 0.533. The third kappa shape index (κ3) is 3.23. The molecule has 0 aliphatic carbocycles. The van der Waals surface area contributed by atoms with Crippen molar-refractivity contribution in [2.75, 3.05) is 18.1 Å². The lowest BCUT2D eigenvalue weighted by Gasteiger charge is -2.29. The lowest BCUT2D eigenvalue weighted by molar-refractivity contribution is 0.574. The zero-order valence-corrected chi connectivity index (χ0v) is 13.8. The Balaban J connectivity index is 2.13. The van der Waals surface area contributed by atoms with Crippen LogP contribution in [-0.2, 0) is 0 Å². The van der Waals surface area contributed by atoms with Gasteiger partial charge in [0, 0.05) is 11.3 Å². The molecule has 0 unspecified atom stereocenters. The maximum absolute atomic E-state index is 4.66. The van der Waals surface area contributed by atoms with Crippen molar-refractivity contribution in [3.63, 3.8) is 0 Å². The van der Waals surface area contributed by atoms with Crippen molar-refractivity contribution in [1.82, 2.24) is 4.98 Å². The molecule has 0 atom stereocenters. The third-order valence-corrected chi connectivity index (χ3v) is 6.39. The summed E-state index contributed by atoms with van der Waals surface area (Å²) in [6.45, 7) is 7.64. The van der Waals surface area contributed by atoms with Crippen molar-refractivity contribution in [3.05, 3.63) is 23.8 Å². The Morgan fingerprint density at radius 2 is 2.05 bits per heavy atom. The second kappa shape index (κ2) is 6.14. The normalized spacial score (nSPS) is 12.0. The van der Waals surface area contributed by atoms with Gasteiger partial charge in [0.15, 0.2) is 5.13 Å². The van der Waals surface area contributed by atoms with Crippen LogP contribution in [0.1, 0.15) is 32.3 Å². The van der Waals surface area contributed by atoms with E-state index in [2.05, 4.69) is 55.5 Å². The van der Waals surface area contributed by atoms with Crippen LogP contribution < -0.4 is 5.32 Å². The Labute approximate surface area is 124 Å². The van der Waals surface area contributed by atoms with Gasteiger partial charge in [-0.25, -0.2) is 4.98 Å². The molecule has 0 amide bonds. The van der Waals surface area contributed by atoms with Gasteiger partial charge in [0.05, 0.1) is 10.2 Å². The number of nitrogens with zero attached hydrogens (tertiary/aromatic N) is 1. The standard InChI is InChI=1S/C15H22N2S2/c1-5-15(6-2,18-4)10-16-14-17-12-8-7-11(3)9-13(12)19-14/h7-9H,5-6,10H2,1-4H3,(H,16,17). The number of anilines is 1. The molecule has 0 aliphatic heterocycles. The molecule has 104 valence electrons. The van der Waals surface area contributed by atoms with Crippen LogP contribution >= 0.6 is 23.1 Å². The second-order valence-corrected chi connectivity index (χ2v) is 7.24. The largest absolute Gasteiger partial charge is 0.360 e. The maximum atomic E-state index is 4.66. The summed E-state index contributed by atoms with van der Waals surface area (Å²) in [7, 11) is 0. The van der Waals surface area contributed by atoms with Crippen molar-refractivity contribution in [2.24, 2.45) is 0 Å². The van der Waals surface area contributed by atoms with Crippen molar-refractivity contribution in [1.29, 1.82) is 0 Å². The van der Waals surface area contributed by atoms with Crippen LogP contribution in [0.2, 0.25) is 0 Å². The van der Waals surface area contributed by atoms with Gasteiger partial charge in [0.2, 0.25) is 0 Å². The number of hydrogen-bond acceptors (Lipinski definition) is 4. The van der Waals surface area contributed by atoms with Crippen molar-refractivity contribution in [3.8, 4) is 0 Å². The molecule has 1 heterocycles. The molecule has 19 heavy (non-hydrogen) atoms. The number of nitrogens with one attached hydrogen (secondary N) is 1. The van der Waals surface area contributed by atoms with Gasteiger partial charge in [-0.1, -0.05) is 31.3 Å². The first-order valence-corrected chi connectivity index (χ1v) is 8.83. The minimum Gasteiger partial charge on any atom is -0.360 e. The summed E-state index contributed by atoms with van der Waals surface area (Å²) < 4.78 is 1.60. The lowest BCUT2D eigenvalue weighted by Crippen LogP contribution is -2.31. The second-order valence-electron chi connectivity index (χ2n) is 4.94. The van der Waals surface area contributed by atoms with Gasteiger partial charge in [0.25, 0.3) is 0 Å². The number of fused-ring (bicyclic) bond motifs is 1. The molecule has 0 saturated carbocycles. The molecule has 2 rings (SSSR count). The van der Waals surface area contributed by atoms with Crippen LogP contribution in [0.5, 0.6) is 0 Å². The molecule has 2 aromatic rings. The van der Waals surface area contributed by atoms with Crippen LogP contribution in [0.25, 0.3) is 10.2 Å². The highest BCUT2D eigenvalue weighted by atomic mass is 32.2. The highest BCUT2D eigenvalue weighted by Crippen LogP contribution is 2.32. The van der Waals surface area contributed by atoms with Crippen molar-refractivity contribution < 1.29 is 0 Å². The number of hydrogen-bond donors (Lipinski definition) is 1. The molecule has 0 saturated heterocycles. The van der Waals surface area contributed by atoms with Crippen molar-refractivity contribution >= 4 is 38.4 Å². The molecule has 0 spiro atoms. The number of benzene rings is 1. The number of aryl methyl sites for hydroxylation is 1. The fourth-order valence-corrected chi connectivity index (χ4v) is 3.96. The zero-order valence-electron chi connectivity index (χ0n) is 12.1. The monoisotopic (exact) mass is 294 g/mol. The summed E-state index contributed by atoms with van der Waals surface area (Å²) in [6, 6.07) is 6.43. The van der Waals surface area contributed by atoms with E-state index in [9.17, 15) is 0 Å². The van der Waals surface area contributed by atoms with Crippen molar-refractivity contribution in [2.45, 2.75) is 38.4 Å². The minimum absolute atomic E-state index is 0.327. The van der Waals surface area contributed by atoms with Gasteiger partial charge in [-0.15, -0.1) is 0 Å². The predicted molar refractivity (Wildman–Crippen MR) is 89.7 cm³/mol. The Bertz CT molecular complexity index is 536. The summed E-state index contributed by atoms with van der Waals surface area (Å²) in [6.07, 6.45) is 4.57. The van der Waals surface area contributed by atoms with Gasteiger partial charge in [-0.3, -0.25) is 0 Å². The first-order valence-electron chi connectivity index (χ1n) is 6.78. The van der Waals surface area contributed by atoms with Gasteiger partial charge in [-0.05, 0) is 43.7 Å². The molecule has 0 radical (unpaired) electrons. The molecular weight excluding hydrogens is 272 g/mol. The SMILES string of the molecule is CCC(CC)(CNc1nc2ccc(C)cc2s1)SC. The van der Waals surface area contributed by atoms with Crippen LogP contribution in [0.15, 0.2) is 18.2 Å². The summed E-state index contributed by atoms with van der Waals surface area (Å²) in [5, 5.41) is 4.58. The first-order chi connectivity index (χ1) is 9.12. The van der Waals surface area contributed by atoms with Crippen LogP contribution in [0.3, 0.4) is 0 Å². The molecule has 1 aromatic heterocycles. The van der Waals surface area contributed by atoms with E-state index in [0.717, 1.165) is 17.2 Å². The summed E-state index contributed by atoms with van der Waals surface area (Å²) in [5.74, 6) is 0. The number of rotatable bonds is 6. The average molecular weight is 294 g/mol. The van der Waals surface area contributed by atoms with Crippen LogP contribution in [0.4, 0.5) is 5.13 Å². The van der Waals surface area contributed by atoms with Gasteiger partial charge in [0.1, 0.15) is 0 Å². The first kappa shape index (κ1) is 14.7. The van der Waals surface area contributed by atoms with Gasteiger partial charge in [-0.2, -0.15) is 11.8 Å². The number of aromatic nitrogens is 1. The van der Waals surface area contributed by atoms with E-state index < -0.39 is 0 Å². The summed E-state index contributed by atoms with van der Waals surface area (Å²) >= 11 is 3.71. The Hall–Kier alpha value is -0.740. The molecule has 0 bridgehead atoms. The Morgan fingerprint density at radius 3 is 2.68 bits per heavy atom. The topological polar surface area (TPSA) is 24.9 Å². The van der Waals surface area contributed by atoms with Crippen LogP contribution in [0, 0.1) is 6.92 Å². The molecule has 1 aromatic carbocycles. The molecule has 1 N–H and O–H groups in total. The highest BCUT2D eigenvalue weighted by molar-refractivity contribution is 8.00. The lowest BCUT2D eigenvalue weighted by atomic mass is 10.0. The molecular formula is C15H22N2S2. The number of thioether (sulfide) groups is 1. The van der Waals surface area contributed by atoms with E-state index in [1.54, 1.807) is 11.3 Å². The van der Waals surface area contributed by atoms with E-state index in [1.807, 2.05) is 11.8 Å². The zero-order chi connectivity index (χ0) is 13.9. The average Bonchev–Trinajstić information content (AvgIpc) is 2.83. The molecule has 0 aliphatic rings. The van der Waals surface area contributed by atoms with Crippen LogP contribution in [-0.4, -0.2) is 22.5 Å². The predicted octanol–water partition coefficient (Wildman–Crippen LogP) is 4.94. The van der Waals surface area contributed by atoms with E-state index >= 15 is 0 Å². The van der Waals surface area contributed by atoms with Gasteiger partial charge >= 0.3 is 0 Å². The van der Waals surface area contributed by atoms with E-state index in [1.165, 1.54) is 23.1 Å². The van der Waals surface area contributed by atoms with E-state index in [-0.39, 0.29) is 0 Å². The Morgan fingerprint density at radius 1 is 1.32 bits per heavy atom. The minimum atomic E-state index is 0.327. The molecule has 2 nitrogen and oxygen atoms in total. The summed E-state index contributed by atoms with van der Waals surface area (Å²) in [5.41, 5.74) is 2.39. The Kier molecular flexibility index (Phi) is 4.74. The quantitative estimate of drug-likeness (QED) is 0.817. The number of thiazole rings is 1. The third-order valence-electron chi connectivity index (χ3n) is 3.83. The van der Waals surface area contributed by atoms with E-state index in [0.29, 0.717) is 4.75 Å². The molecule has 0 fully saturated rings.